The predicted octanol–water partition coefficient (Wildman–Crippen LogP) is 15.5. The molecule has 0 aliphatic heterocycles. The fourth-order valence-corrected chi connectivity index (χ4v) is 11.1. The minimum atomic E-state index is -1.48. The van der Waals surface area contributed by atoms with Crippen LogP contribution in [0.2, 0.25) is 39.3 Å². The first-order chi connectivity index (χ1) is 27.5. The Morgan fingerprint density at radius 1 is 0.362 bits per heavy atom. The summed E-state index contributed by atoms with van der Waals surface area (Å²) in [6.07, 6.45) is 0. The van der Waals surface area contributed by atoms with Crippen LogP contribution in [0.3, 0.4) is 0 Å². The second-order valence-corrected chi connectivity index (χ2v) is 29.4. The highest BCUT2D eigenvalue weighted by Crippen LogP contribution is 2.51. The first-order valence-corrected chi connectivity index (χ1v) is 28.2. The lowest BCUT2D eigenvalue weighted by Gasteiger charge is -2.32. The summed E-state index contributed by atoms with van der Waals surface area (Å²) in [6, 6.07) is 51.7. The van der Waals surface area contributed by atoms with Gasteiger partial charge < -0.3 is 9.80 Å². The average Bonchev–Trinajstić information content (AvgIpc) is 3.18. The maximum Gasteiger partial charge on any atom is 0.0775 e. The van der Waals surface area contributed by atoms with Gasteiger partial charge in [0.2, 0.25) is 0 Å². The number of aryl methyl sites for hydroxylation is 2. The zero-order valence-electron chi connectivity index (χ0n) is 36.8. The highest BCUT2D eigenvalue weighted by Gasteiger charge is 2.27. The average molecular weight is 793 g/mol. The van der Waals surface area contributed by atoms with E-state index in [4.69, 9.17) is 0 Å². The first-order valence-electron chi connectivity index (χ1n) is 21.2. The van der Waals surface area contributed by atoms with Crippen LogP contribution in [-0.2, 0) is 0 Å². The van der Waals surface area contributed by atoms with Gasteiger partial charge in [-0.05, 0) is 119 Å². The molecule has 0 fully saturated rings. The van der Waals surface area contributed by atoms with Crippen molar-refractivity contribution < 1.29 is 0 Å². The lowest BCUT2D eigenvalue weighted by molar-refractivity contribution is 0.875. The first kappa shape index (κ1) is 39.7. The summed E-state index contributed by atoms with van der Waals surface area (Å²) in [6.45, 7) is 28.3. The summed E-state index contributed by atoms with van der Waals surface area (Å²) < 4.78 is 0. The number of rotatable bonds is 10. The third-order valence-electron chi connectivity index (χ3n) is 12.2. The van der Waals surface area contributed by atoms with E-state index in [1.54, 1.807) is 0 Å². The predicted molar refractivity (Wildman–Crippen MR) is 263 cm³/mol. The number of benzene rings is 8. The lowest BCUT2D eigenvalue weighted by Crippen LogP contribution is -2.37. The van der Waals surface area contributed by atoms with Gasteiger partial charge in [-0.15, -0.1) is 0 Å². The van der Waals surface area contributed by atoms with Crippen LogP contribution in [0, 0.1) is 13.8 Å². The van der Waals surface area contributed by atoms with Gasteiger partial charge in [-0.1, -0.05) is 161 Å². The third-order valence-corrected chi connectivity index (χ3v) is 16.3. The van der Waals surface area contributed by atoms with Crippen LogP contribution in [0.25, 0.3) is 32.3 Å². The minimum absolute atomic E-state index is 0.329. The molecule has 294 valence electrons. The molecule has 0 aliphatic carbocycles. The zero-order valence-corrected chi connectivity index (χ0v) is 38.8. The molecule has 0 aliphatic rings. The molecule has 0 heterocycles. The summed E-state index contributed by atoms with van der Waals surface area (Å²) in [5, 5.41) is 10.9. The molecule has 0 radical (unpaired) electrons. The number of anilines is 6. The normalized spacial score (nSPS) is 12.4. The van der Waals surface area contributed by atoms with Crippen molar-refractivity contribution in [2.24, 2.45) is 0 Å². The van der Waals surface area contributed by atoms with Gasteiger partial charge in [-0.25, -0.2) is 0 Å². The zero-order chi connectivity index (χ0) is 41.3. The summed E-state index contributed by atoms with van der Waals surface area (Å²) in [5.41, 5.74) is 12.4. The fraction of sp³-hybridized carbons (Fsp3) is 0.259. The van der Waals surface area contributed by atoms with Gasteiger partial charge in [-0.2, -0.15) is 0 Å². The molecule has 0 unspecified atom stereocenters. The Kier molecular flexibility index (Phi) is 10.2. The van der Waals surface area contributed by atoms with Gasteiger partial charge in [0.1, 0.15) is 0 Å². The van der Waals surface area contributed by atoms with Crippen molar-refractivity contribution >= 4 is 93.0 Å². The molecular formula is C54H60N2Si2. The fourth-order valence-electron chi connectivity index (χ4n) is 8.80. The smallest absolute Gasteiger partial charge is 0.0775 e. The second-order valence-electron chi connectivity index (χ2n) is 19.3. The van der Waals surface area contributed by atoms with Crippen molar-refractivity contribution in [1.29, 1.82) is 0 Å². The van der Waals surface area contributed by atoms with E-state index < -0.39 is 16.1 Å². The van der Waals surface area contributed by atoms with Gasteiger partial charge in [0.15, 0.2) is 0 Å². The van der Waals surface area contributed by atoms with Gasteiger partial charge in [-0.3, -0.25) is 0 Å². The molecule has 0 saturated heterocycles. The molecule has 0 atom stereocenters. The van der Waals surface area contributed by atoms with Gasteiger partial charge in [0, 0.05) is 33.5 Å². The molecule has 0 amide bonds. The van der Waals surface area contributed by atoms with E-state index in [1.165, 1.54) is 99.1 Å². The van der Waals surface area contributed by atoms with Crippen LogP contribution in [0.4, 0.5) is 34.1 Å². The largest absolute Gasteiger partial charge is 0.310 e. The van der Waals surface area contributed by atoms with E-state index in [-0.39, 0.29) is 0 Å². The molecule has 0 aromatic heterocycles. The quantitative estimate of drug-likeness (QED) is 0.101. The number of hydrogen-bond acceptors (Lipinski definition) is 2. The van der Waals surface area contributed by atoms with Crippen molar-refractivity contribution in [3.05, 3.63) is 156 Å². The van der Waals surface area contributed by atoms with Crippen molar-refractivity contribution in [2.75, 3.05) is 9.80 Å². The maximum absolute atomic E-state index is 2.51. The molecule has 4 heteroatoms. The summed E-state index contributed by atoms with van der Waals surface area (Å²) in [5.74, 6) is 0.658. The second kappa shape index (κ2) is 14.9. The van der Waals surface area contributed by atoms with E-state index in [0.717, 1.165) is 0 Å². The number of nitrogens with zero attached hydrogens (tertiary/aromatic N) is 2. The van der Waals surface area contributed by atoms with Crippen molar-refractivity contribution in [2.45, 2.75) is 92.7 Å². The standard InChI is InChI=1S/C54H60N2Si2/c1-35(2)49-33-51(55(39-17-13-37(5)14-18-39)41-21-25-43(26-22-41)57(7,8)9)47-32-30-46-50(36(3)4)34-52(48-31-29-45(49)53(47)54(46)48)56(40-19-15-38(6)16-20-40)42-23-27-44(28-24-42)58(10,11)12/h13-36H,1-12H3. The molecule has 58 heavy (non-hydrogen) atoms. The Morgan fingerprint density at radius 2 is 0.638 bits per heavy atom. The van der Waals surface area contributed by atoms with Crippen molar-refractivity contribution in [3.63, 3.8) is 0 Å². The molecule has 0 spiro atoms. The SMILES string of the molecule is Cc1ccc(N(c2ccc([Si](C)(C)C)cc2)c2cc(C(C)C)c3ccc4c(N(c5ccc(C)cc5)c5ccc([Si](C)(C)C)cc5)cc(C(C)C)c5ccc2c3c54)cc1. The van der Waals surface area contributed by atoms with Crippen LogP contribution < -0.4 is 20.2 Å². The van der Waals surface area contributed by atoms with Crippen LogP contribution in [-0.4, -0.2) is 16.1 Å². The van der Waals surface area contributed by atoms with E-state index in [1.807, 2.05) is 0 Å². The van der Waals surface area contributed by atoms with Gasteiger partial charge in [0.05, 0.1) is 27.5 Å². The molecule has 8 rings (SSSR count). The monoisotopic (exact) mass is 792 g/mol. The highest BCUT2D eigenvalue weighted by molar-refractivity contribution is 6.89. The van der Waals surface area contributed by atoms with E-state index >= 15 is 0 Å². The molecule has 8 aromatic rings. The lowest BCUT2D eigenvalue weighted by atomic mass is 9.84. The van der Waals surface area contributed by atoms with E-state index in [2.05, 4.69) is 224 Å². The van der Waals surface area contributed by atoms with E-state index in [9.17, 15) is 0 Å². The van der Waals surface area contributed by atoms with Crippen molar-refractivity contribution in [3.8, 4) is 0 Å². The highest BCUT2D eigenvalue weighted by atomic mass is 28.3. The molecule has 2 nitrogen and oxygen atoms in total. The number of hydrogen-bond donors (Lipinski definition) is 0. The Morgan fingerprint density at radius 3 is 0.914 bits per heavy atom. The summed E-state index contributed by atoms with van der Waals surface area (Å²) in [4.78, 5) is 5.02. The van der Waals surface area contributed by atoms with Crippen LogP contribution in [0.15, 0.2) is 133 Å². The van der Waals surface area contributed by atoms with Crippen LogP contribution >= 0.6 is 0 Å². The third kappa shape index (κ3) is 7.15. The molecule has 8 aromatic carbocycles. The van der Waals surface area contributed by atoms with Crippen LogP contribution in [0.5, 0.6) is 0 Å². The minimum Gasteiger partial charge on any atom is -0.310 e. The Labute approximate surface area is 349 Å². The topological polar surface area (TPSA) is 6.48 Å². The van der Waals surface area contributed by atoms with Gasteiger partial charge >= 0.3 is 0 Å². The summed E-state index contributed by atoms with van der Waals surface area (Å²) >= 11 is 0. The molecule has 0 N–H and O–H groups in total. The maximum atomic E-state index is 2.51. The molecule has 0 bridgehead atoms. The van der Waals surface area contributed by atoms with Crippen LogP contribution in [0.1, 0.15) is 61.8 Å². The van der Waals surface area contributed by atoms with E-state index in [0.29, 0.717) is 11.8 Å². The molecular weight excluding hydrogens is 733 g/mol. The Balaban J connectivity index is 1.47. The Bertz CT molecular complexity index is 2540. The van der Waals surface area contributed by atoms with Gasteiger partial charge in [0.25, 0.3) is 0 Å². The van der Waals surface area contributed by atoms with Crippen molar-refractivity contribution in [1.82, 2.24) is 0 Å². The molecule has 0 saturated carbocycles. The Hall–Kier alpha value is -5.17. The summed E-state index contributed by atoms with van der Waals surface area (Å²) in [7, 11) is -2.97.